The molecule has 5 heterocycles. The summed E-state index contributed by atoms with van der Waals surface area (Å²) in [5, 5.41) is 0.598. The minimum Gasteiger partial charge on any atom is -0.378 e. The largest absolute Gasteiger partial charge is 0.378 e. The smallest absolute Gasteiger partial charge is 0.225 e. The third-order valence-electron chi connectivity index (χ3n) is 4.58. The van der Waals surface area contributed by atoms with Gasteiger partial charge < -0.3 is 9.64 Å². The summed E-state index contributed by atoms with van der Waals surface area (Å²) in [6.45, 7) is 2.95. The van der Waals surface area contributed by atoms with E-state index in [1.807, 2.05) is 10.6 Å². The summed E-state index contributed by atoms with van der Waals surface area (Å²) in [6, 6.07) is 5.40. The van der Waals surface area contributed by atoms with Gasteiger partial charge in [-0.05, 0) is 12.1 Å². The number of fused-ring (bicyclic) bond motifs is 1. The van der Waals surface area contributed by atoms with Gasteiger partial charge in [-0.3, -0.25) is 9.55 Å². The minimum absolute atomic E-state index is 0.598. The van der Waals surface area contributed by atoms with Crippen molar-refractivity contribution in [1.82, 2.24) is 29.5 Å². The van der Waals surface area contributed by atoms with Gasteiger partial charge in [0.05, 0.1) is 36.0 Å². The fraction of sp³-hybridized carbons (Fsp3) is 0.211. The number of pyridine rings is 2. The van der Waals surface area contributed by atoms with E-state index in [0.29, 0.717) is 35.8 Å². The molecule has 8 nitrogen and oxygen atoms in total. The predicted molar refractivity (Wildman–Crippen MR) is 106 cm³/mol. The molecule has 0 aliphatic carbocycles. The van der Waals surface area contributed by atoms with Crippen LogP contribution in [0.25, 0.3) is 28.2 Å². The number of aromatic nitrogens is 6. The highest BCUT2D eigenvalue weighted by Gasteiger charge is 2.18. The van der Waals surface area contributed by atoms with E-state index >= 15 is 0 Å². The molecule has 1 fully saturated rings. The lowest BCUT2D eigenvalue weighted by molar-refractivity contribution is 0.122. The molecule has 1 aliphatic rings. The first-order valence-corrected chi connectivity index (χ1v) is 9.27. The molecule has 4 aromatic rings. The lowest BCUT2D eigenvalue weighted by Crippen LogP contribution is -2.37. The highest BCUT2D eigenvalue weighted by Crippen LogP contribution is 2.28. The Hall–Kier alpha value is -3.10. The molecule has 0 radical (unpaired) electrons. The Kier molecular flexibility index (Phi) is 4.34. The van der Waals surface area contributed by atoms with Crippen LogP contribution in [0.5, 0.6) is 0 Å². The van der Waals surface area contributed by atoms with Crippen LogP contribution >= 0.6 is 11.6 Å². The number of rotatable bonds is 3. The monoisotopic (exact) mass is 393 g/mol. The number of hydrogen-bond donors (Lipinski definition) is 0. The SMILES string of the molecule is Clc1ccnc(-n2c(-c3cnc(N4CCOCC4)nc3)nc3ccncc32)c1. The summed E-state index contributed by atoms with van der Waals surface area (Å²) in [5.74, 6) is 2.04. The number of morpholine rings is 1. The maximum Gasteiger partial charge on any atom is 0.225 e. The van der Waals surface area contributed by atoms with Gasteiger partial charge in [0.15, 0.2) is 0 Å². The molecule has 0 atom stereocenters. The van der Waals surface area contributed by atoms with Gasteiger partial charge in [-0.25, -0.2) is 19.9 Å². The molecule has 0 amide bonds. The fourth-order valence-electron chi connectivity index (χ4n) is 3.23. The molecule has 4 aromatic heterocycles. The van der Waals surface area contributed by atoms with Crippen molar-refractivity contribution in [2.75, 3.05) is 31.2 Å². The molecule has 0 bridgehead atoms. The van der Waals surface area contributed by atoms with E-state index in [0.717, 1.165) is 29.7 Å². The van der Waals surface area contributed by atoms with E-state index in [9.17, 15) is 0 Å². The Morgan fingerprint density at radius 2 is 1.79 bits per heavy atom. The Morgan fingerprint density at radius 1 is 0.964 bits per heavy atom. The van der Waals surface area contributed by atoms with Crippen molar-refractivity contribution in [3.05, 3.63) is 54.2 Å². The number of halogens is 1. The molecule has 5 rings (SSSR count). The van der Waals surface area contributed by atoms with Crippen LogP contribution in [0.3, 0.4) is 0 Å². The van der Waals surface area contributed by atoms with Crippen LogP contribution in [0, 0.1) is 0 Å². The molecule has 1 aliphatic heterocycles. The van der Waals surface area contributed by atoms with Crippen molar-refractivity contribution in [2.45, 2.75) is 0 Å². The molecular formula is C19H16ClN7O. The topological polar surface area (TPSA) is 81.9 Å². The van der Waals surface area contributed by atoms with E-state index in [2.05, 4.69) is 24.8 Å². The van der Waals surface area contributed by atoms with Crippen molar-refractivity contribution in [3.8, 4) is 17.2 Å². The highest BCUT2D eigenvalue weighted by atomic mass is 35.5. The van der Waals surface area contributed by atoms with Crippen LogP contribution in [-0.2, 0) is 4.74 Å². The van der Waals surface area contributed by atoms with Crippen molar-refractivity contribution < 1.29 is 4.74 Å². The number of ether oxygens (including phenoxy) is 1. The number of hydrogen-bond acceptors (Lipinski definition) is 7. The second-order valence-electron chi connectivity index (χ2n) is 6.34. The minimum atomic E-state index is 0.598. The second-order valence-corrected chi connectivity index (χ2v) is 6.78. The van der Waals surface area contributed by atoms with Gasteiger partial charge in [0, 0.05) is 49.0 Å². The van der Waals surface area contributed by atoms with Crippen LogP contribution in [-0.4, -0.2) is 55.8 Å². The first-order valence-electron chi connectivity index (χ1n) is 8.89. The maximum atomic E-state index is 6.19. The van der Waals surface area contributed by atoms with Crippen molar-refractivity contribution in [1.29, 1.82) is 0 Å². The summed E-state index contributed by atoms with van der Waals surface area (Å²) in [6.07, 6.45) is 8.72. The van der Waals surface area contributed by atoms with Gasteiger partial charge >= 0.3 is 0 Å². The summed E-state index contributed by atoms with van der Waals surface area (Å²) in [7, 11) is 0. The number of imidazole rings is 1. The van der Waals surface area contributed by atoms with E-state index < -0.39 is 0 Å². The molecule has 0 unspecified atom stereocenters. The normalized spacial score (nSPS) is 14.5. The van der Waals surface area contributed by atoms with E-state index in [-0.39, 0.29) is 0 Å². The van der Waals surface area contributed by atoms with Gasteiger partial charge in [0.1, 0.15) is 11.6 Å². The summed E-state index contributed by atoms with van der Waals surface area (Å²) >= 11 is 6.19. The van der Waals surface area contributed by atoms with Crippen molar-refractivity contribution in [2.24, 2.45) is 0 Å². The van der Waals surface area contributed by atoms with Crippen LogP contribution in [0.4, 0.5) is 5.95 Å². The highest BCUT2D eigenvalue weighted by molar-refractivity contribution is 6.30. The summed E-state index contributed by atoms with van der Waals surface area (Å²) in [5.41, 5.74) is 2.43. The molecule has 9 heteroatoms. The Morgan fingerprint density at radius 3 is 2.57 bits per heavy atom. The van der Waals surface area contributed by atoms with Crippen LogP contribution in [0.1, 0.15) is 0 Å². The lowest BCUT2D eigenvalue weighted by Gasteiger charge is -2.26. The zero-order valence-corrected chi connectivity index (χ0v) is 15.6. The Balaban J connectivity index is 1.61. The van der Waals surface area contributed by atoms with E-state index in [1.165, 1.54) is 0 Å². The molecule has 1 saturated heterocycles. The standard InChI is InChI=1S/C19H16ClN7O/c20-14-1-4-22-17(9-14)27-16-12-21-3-2-15(16)25-18(27)13-10-23-19(24-11-13)26-5-7-28-8-6-26/h1-4,9-12H,5-8H2. The fourth-order valence-corrected chi connectivity index (χ4v) is 3.38. The maximum absolute atomic E-state index is 6.19. The van der Waals surface area contributed by atoms with E-state index in [1.54, 1.807) is 43.1 Å². The first kappa shape index (κ1) is 17.0. The van der Waals surface area contributed by atoms with Gasteiger partial charge in [0.25, 0.3) is 0 Å². The Labute approximate surface area is 165 Å². The molecule has 0 aromatic carbocycles. The molecule has 0 N–H and O–H groups in total. The van der Waals surface area contributed by atoms with Gasteiger partial charge in [-0.2, -0.15) is 0 Å². The number of anilines is 1. The van der Waals surface area contributed by atoms with Gasteiger partial charge in [-0.15, -0.1) is 0 Å². The second kappa shape index (κ2) is 7.14. The average Bonchev–Trinajstić information content (AvgIpc) is 3.14. The third-order valence-corrected chi connectivity index (χ3v) is 4.82. The molecule has 140 valence electrons. The zero-order chi connectivity index (χ0) is 18.9. The van der Waals surface area contributed by atoms with Crippen LogP contribution in [0.2, 0.25) is 5.02 Å². The average molecular weight is 394 g/mol. The zero-order valence-electron chi connectivity index (χ0n) is 14.9. The summed E-state index contributed by atoms with van der Waals surface area (Å²) in [4.78, 5) is 24.6. The van der Waals surface area contributed by atoms with Crippen molar-refractivity contribution in [3.63, 3.8) is 0 Å². The van der Waals surface area contributed by atoms with Gasteiger partial charge in [-0.1, -0.05) is 11.6 Å². The molecular weight excluding hydrogens is 378 g/mol. The molecule has 0 saturated carbocycles. The van der Waals surface area contributed by atoms with E-state index in [4.69, 9.17) is 21.3 Å². The first-order chi connectivity index (χ1) is 13.8. The number of nitrogens with zero attached hydrogens (tertiary/aromatic N) is 7. The summed E-state index contributed by atoms with van der Waals surface area (Å²) < 4.78 is 7.31. The quantitative estimate of drug-likeness (QED) is 0.529. The molecule has 0 spiro atoms. The lowest BCUT2D eigenvalue weighted by atomic mass is 10.3. The van der Waals surface area contributed by atoms with Gasteiger partial charge in [0.2, 0.25) is 5.95 Å². The molecule has 28 heavy (non-hydrogen) atoms. The predicted octanol–water partition coefficient (Wildman–Crippen LogP) is 2.76. The third kappa shape index (κ3) is 3.06. The Bertz CT molecular complexity index is 1120. The van der Waals surface area contributed by atoms with Crippen LogP contribution in [0.15, 0.2) is 49.2 Å². The van der Waals surface area contributed by atoms with Crippen molar-refractivity contribution >= 4 is 28.6 Å². The van der Waals surface area contributed by atoms with Crippen LogP contribution < -0.4 is 4.90 Å².